The Kier molecular flexibility index (Phi) is 9.91. The lowest BCUT2D eigenvalue weighted by atomic mass is 9.78. The highest BCUT2D eigenvalue weighted by Gasteiger charge is 2.41. The van der Waals surface area contributed by atoms with Gasteiger partial charge in [-0.15, -0.1) is 0 Å². The molecular weight excluding hydrogens is 772 g/mol. The van der Waals surface area contributed by atoms with Gasteiger partial charge < -0.3 is 15.8 Å². The van der Waals surface area contributed by atoms with Crippen LogP contribution in [0.15, 0.2) is 82.5 Å². The summed E-state index contributed by atoms with van der Waals surface area (Å²) in [6.45, 7) is 3.60. The SMILES string of the molecule is Brc1cnn2c(NCc3cccnc3)cc(C3CC4CCC3C4)nc12.CC1CCCCC1c1cc(NCc2ccc[n+]([O-])c2)n2ncc(Br)c2n1. The maximum Gasteiger partial charge on any atom is 0.185 e. The molecule has 5 unspecified atom stereocenters. The van der Waals surface area contributed by atoms with Crippen LogP contribution < -0.4 is 15.4 Å². The Morgan fingerprint density at radius 1 is 0.804 bits per heavy atom. The second-order valence-electron chi connectivity index (χ2n) is 14.4. The van der Waals surface area contributed by atoms with E-state index in [0.29, 0.717) is 24.3 Å². The molecule has 0 aliphatic heterocycles. The fourth-order valence-corrected chi connectivity index (χ4v) is 9.09. The van der Waals surface area contributed by atoms with Gasteiger partial charge >= 0.3 is 0 Å². The van der Waals surface area contributed by atoms with Crippen LogP contribution in [0.1, 0.15) is 92.6 Å². The molecule has 3 saturated carbocycles. The van der Waals surface area contributed by atoms with E-state index in [1.165, 1.54) is 63.3 Å². The Balaban J connectivity index is 0.000000147. The summed E-state index contributed by atoms with van der Waals surface area (Å²) in [5.74, 6) is 5.34. The third kappa shape index (κ3) is 7.32. The molecule has 6 heterocycles. The zero-order valence-corrected chi connectivity index (χ0v) is 31.8. The molecule has 6 aromatic heterocycles. The molecule has 6 aromatic rings. The Labute approximate surface area is 314 Å². The normalized spacial score (nSPS) is 22.6. The summed E-state index contributed by atoms with van der Waals surface area (Å²) < 4.78 is 6.36. The van der Waals surface area contributed by atoms with E-state index in [1.54, 1.807) is 24.7 Å². The van der Waals surface area contributed by atoms with E-state index < -0.39 is 0 Å². The fourth-order valence-electron chi connectivity index (χ4n) is 8.40. The highest BCUT2D eigenvalue weighted by molar-refractivity contribution is 9.11. The quantitative estimate of drug-likeness (QED) is 0.116. The van der Waals surface area contributed by atoms with Crippen molar-refractivity contribution in [3.8, 4) is 0 Å². The topological polar surface area (TPSA) is 124 Å². The number of nitrogens with one attached hydrogen (secondary N) is 2. The highest BCUT2D eigenvalue weighted by Crippen LogP contribution is 2.52. The molecule has 2 N–H and O–H groups in total. The van der Waals surface area contributed by atoms with Crippen LogP contribution in [0.3, 0.4) is 0 Å². The first-order valence-corrected chi connectivity index (χ1v) is 19.6. The number of hydrogen-bond acceptors (Lipinski definition) is 8. The van der Waals surface area contributed by atoms with Gasteiger partial charge in [-0.2, -0.15) is 24.0 Å². The summed E-state index contributed by atoms with van der Waals surface area (Å²) in [6, 6.07) is 12.1. The molecule has 2 bridgehead atoms. The predicted octanol–water partition coefficient (Wildman–Crippen LogP) is 8.43. The Morgan fingerprint density at radius 3 is 2.08 bits per heavy atom. The van der Waals surface area contributed by atoms with Crippen molar-refractivity contribution >= 4 is 54.8 Å². The van der Waals surface area contributed by atoms with Gasteiger partial charge in [-0.1, -0.05) is 38.7 Å². The molecule has 3 aliphatic carbocycles. The average Bonchev–Trinajstić information content (AvgIpc) is 3.96. The fraction of sp³-hybridized carbons (Fsp3) is 0.421. The third-order valence-electron chi connectivity index (χ3n) is 11.0. The molecule has 11 nitrogen and oxygen atoms in total. The summed E-state index contributed by atoms with van der Waals surface area (Å²) in [7, 11) is 0. The number of rotatable bonds is 8. The van der Waals surface area contributed by atoms with Crippen molar-refractivity contribution in [1.82, 2.24) is 34.2 Å². The van der Waals surface area contributed by atoms with Crippen molar-refractivity contribution < 1.29 is 4.73 Å². The minimum atomic E-state index is 0.483. The van der Waals surface area contributed by atoms with Gasteiger partial charge in [0.15, 0.2) is 23.7 Å². The van der Waals surface area contributed by atoms with E-state index in [4.69, 9.17) is 9.97 Å². The predicted molar refractivity (Wildman–Crippen MR) is 204 cm³/mol. The maximum atomic E-state index is 11.5. The summed E-state index contributed by atoms with van der Waals surface area (Å²) in [6.07, 6.45) is 20.8. The lowest BCUT2D eigenvalue weighted by Gasteiger charge is -2.28. The van der Waals surface area contributed by atoms with Gasteiger partial charge in [-0.05, 0) is 93.0 Å². The number of hydrogen-bond donors (Lipinski definition) is 2. The number of nitrogens with zero attached hydrogens (tertiary/aromatic N) is 8. The van der Waals surface area contributed by atoms with Gasteiger partial charge in [0.1, 0.15) is 11.6 Å². The molecule has 3 aliphatic rings. The molecule has 0 aromatic carbocycles. The van der Waals surface area contributed by atoms with Gasteiger partial charge in [0, 0.05) is 72.5 Å². The molecule has 0 saturated heterocycles. The minimum absolute atomic E-state index is 0.483. The van der Waals surface area contributed by atoms with Gasteiger partial charge in [0.25, 0.3) is 0 Å². The van der Waals surface area contributed by atoms with Crippen molar-refractivity contribution in [1.29, 1.82) is 0 Å². The van der Waals surface area contributed by atoms with Gasteiger partial charge in [0.2, 0.25) is 0 Å². The summed E-state index contributed by atoms with van der Waals surface area (Å²) in [5.41, 5.74) is 6.14. The summed E-state index contributed by atoms with van der Waals surface area (Å²) in [4.78, 5) is 14.0. The number of fused-ring (bicyclic) bond motifs is 4. The lowest BCUT2D eigenvalue weighted by molar-refractivity contribution is -0.605. The van der Waals surface area contributed by atoms with Crippen LogP contribution in [0, 0.1) is 23.0 Å². The van der Waals surface area contributed by atoms with Crippen LogP contribution in [-0.2, 0) is 13.1 Å². The Morgan fingerprint density at radius 2 is 1.47 bits per heavy atom. The van der Waals surface area contributed by atoms with Gasteiger partial charge in [0.05, 0.1) is 21.3 Å². The van der Waals surface area contributed by atoms with E-state index >= 15 is 0 Å². The number of anilines is 2. The molecule has 9 rings (SSSR count). The molecule has 0 amide bonds. The molecule has 0 spiro atoms. The number of aromatic nitrogens is 8. The highest BCUT2D eigenvalue weighted by atomic mass is 79.9. The van der Waals surface area contributed by atoms with Crippen molar-refractivity contribution in [2.24, 2.45) is 17.8 Å². The molecule has 13 heteroatoms. The molecule has 5 atom stereocenters. The first-order chi connectivity index (χ1) is 24.9. The maximum absolute atomic E-state index is 11.5. The number of pyridine rings is 2. The standard InChI is InChI=1S/C19H22BrN5O.C19H20BrN5/c1-13-5-2-3-7-15(13)17-9-18(25-19(23-17)16(20)11-22-25)21-10-14-6-4-8-24(26)12-14;20-16-11-23-25-18(22-10-13-2-1-5-21-9-13)8-17(24-19(16)25)15-7-12-3-4-14(15)6-12/h4,6,8-9,11-13,15,21H,2-3,5,7,10H2,1H3;1-2,5,8-9,11-12,14-15,22H,3-4,6-7,10H2. The van der Waals surface area contributed by atoms with Crippen LogP contribution in [0.2, 0.25) is 0 Å². The van der Waals surface area contributed by atoms with Crippen LogP contribution in [0.5, 0.6) is 0 Å². The van der Waals surface area contributed by atoms with Crippen LogP contribution in [-0.4, -0.2) is 34.2 Å². The smallest absolute Gasteiger partial charge is 0.185 e. The van der Waals surface area contributed by atoms with Crippen molar-refractivity contribution in [2.45, 2.75) is 83.2 Å². The molecule has 51 heavy (non-hydrogen) atoms. The molecular formula is C38H42Br2N10O. The van der Waals surface area contributed by atoms with Crippen molar-refractivity contribution in [3.63, 3.8) is 0 Å². The van der Waals surface area contributed by atoms with Crippen LogP contribution >= 0.6 is 31.9 Å². The van der Waals surface area contributed by atoms with E-state index in [-0.39, 0.29) is 0 Å². The third-order valence-corrected chi connectivity index (χ3v) is 12.1. The van der Waals surface area contributed by atoms with E-state index in [0.717, 1.165) is 71.8 Å². The Hall–Kier alpha value is -4.10. The molecule has 264 valence electrons. The van der Waals surface area contributed by atoms with Gasteiger partial charge in [-0.25, -0.2) is 9.97 Å². The van der Waals surface area contributed by atoms with E-state index in [2.05, 4.69) is 82.8 Å². The first kappa shape index (κ1) is 34.0. The zero-order valence-electron chi connectivity index (χ0n) is 28.6. The first-order valence-electron chi connectivity index (χ1n) is 18.0. The lowest BCUT2D eigenvalue weighted by Crippen LogP contribution is -2.25. The average molecular weight is 815 g/mol. The molecule has 3 fully saturated rings. The van der Waals surface area contributed by atoms with Crippen molar-refractivity contribution in [3.05, 3.63) is 110 Å². The zero-order chi connectivity index (χ0) is 34.9. The largest absolute Gasteiger partial charge is 0.619 e. The second kappa shape index (κ2) is 14.9. The molecule has 0 radical (unpaired) electrons. The summed E-state index contributed by atoms with van der Waals surface area (Å²) >= 11 is 7.16. The van der Waals surface area contributed by atoms with E-state index in [1.807, 2.05) is 33.6 Å². The van der Waals surface area contributed by atoms with E-state index in [9.17, 15) is 5.21 Å². The minimum Gasteiger partial charge on any atom is -0.619 e. The van der Waals surface area contributed by atoms with Crippen LogP contribution in [0.25, 0.3) is 11.3 Å². The monoisotopic (exact) mass is 812 g/mol. The van der Waals surface area contributed by atoms with Crippen molar-refractivity contribution in [2.75, 3.05) is 10.6 Å². The Bertz CT molecular complexity index is 2140. The summed E-state index contributed by atoms with van der Waals surface area (Å²) in [5, 5.41) is 27.3. The van der Waals surface area contributed by atoms with Crippen LogP contribution in [0.4, 0.5) is 11.6 Å². The van der Waals surface area contributed by atoms with Gasteiger partial charge in [-0.3, -0.25) is 4.98 Å². The number of halogens is 2. The second-order valence-corrected chi connectivity index (χ2v) is 16.1.